The number of imide groups is 2. The maximum Gasteiger partial charge on any atom is 0.335 e. The number of rotatable bonds is 4. The second-order valence-corrected chi connectivity index (χ2v) is 8.23. The topological polar surface area (TPSA) is 66.5 Å². The molecule has 0 bridgehead atoms. The van der Waals surface area contributed by atoms with Crippen LogP contribution in [0.4, 0.5) is 10.5 Å². The molecule has 1 heterocycles. The molecule has 5 nitrogen and oxygen atoms in total. The molecule has 32 heavy (non-hydrogen) atoms. The minimum Gasteiger partial charge on any atom is -0.273 e. The van der Waals surface area contributed by atoms with Crippen molar-refractivity contribution in [1.82, 2.24) is 5.32 Å². The third-order valence-corrected chi connectivity index (χ3v) is 5.50. The van der Waals surface area contributed by atoms with E-state index >= 15 is 0 Å². The number of hydrogen-bond acceptors (Lipinski definition) is 3. The van der Waals surface area contributed by atoms with Gasteiger partial charge in [-0.2, -0.15) is 0 Å². The number of anilines is 1. The van der Waals surface area contributed by atoms with Gasteiger partial charge in [0.2, 0.25) is 0 Å². The van der Waals surface area contributed by atoms with E-state index in [1.165, 1.54) is 22.8 Å². The van der Waals surface area contributed by atoms with E-state index in [9.17, 15) is 14.4 Å². The standard InChI is InChI=1S/C26H21ClN2O3/c1-16-11-17(2)13-20(12-16)14-18-7-9-19(10-8-18)15-21-24(30)28-26(32)29(25(21)31)23-6-4-3-5-22(23)27/h3-13,15H,14H2,1-2H3,(H,28,30,32)/b21-15+. The number of nitrogens with one attached hydrogen (secondary N) is 1. The summed E-state index contributed by atoms with van der Waals surface area (Å²) < 4.78 is 0. The Morgan fingerprint density at radius 1 is 0.875 bits per heavy atom. The van der Waals surface area contributed by atoms with Crippen molar-refractivity contribution in [3.8, 4) is 0 Å². The Hall–Kier alpha value is -3.70. The Morgan fingerprint density at radius 3 is 2.19 bits per heavy atom. The number of nitrogens with zero attached hydrogens (tertiary/aromatic N) is 1. The number of carbonyl (C=O) groups is 3. The molecule has 0 radical (unpaired) electrons. The van der Waals surface area contributed by atoms with Crippen molar-refractivity contribution < 1.29 is 14.4 Å². The van der Waals surface area contributed by atoms with Crippen LogP contribution in [0.5, 0.6) is 0 Å². The van der Waals surface area contributed by atoms with Gasteiger partial charge in [-0.15, -0.1) is 0 Å². The van der Waals surface area contributed by atoms with Crippen LogP contribution in [0.1, 0.15) is 27.8 Å². The van der Waals surface area contributed by atoms with Crippen molar-refractivity contribution in [3.63, 3.8) is 0 Å². The lowest BCUT2D eigenvalue weighted by molar-refractivity contribution is -0.122. The number of hydrogen-bond donors (Lipinski definition) is 1. The van der Waals surface area contributed by atoms with E-state index in [0.717, 1.165) is 16.9 Å². The number of halogens is 1. The molecule has 1 N–H and O–H groups in total. The minimum absolute atomic E-state index is 0.133. The number of carbonyl (C=O) groups excluding carboxylic acids is 3. The zero-order valence-electron chi connectivity index (χ0n) is 17.7. The quantitative estimate of drug-likeness (QED) is 0.443. The summed E-state index contributed by atoms with van der Waals surface area (Å²) in [5.74, 6) is -1.45. The molecule has 0 saturated carbocycles. The monoisotopic (exact) mass is 444 g/mol. The smallest absolute Gasteiger partial charge is 0.273 e. The average Bonchev–Trinajstić information content (AvgIpc) is 2.73. The van der Waals surface area contributed by atoms with Crippen LogP contribution in [0.15, 0.2) is 72.3 Å². The molecule has 0 aliphatic carbocycles. The lowest BCUT2D eigenvalue weighted by Crippen LogP contribution is -2.54. The fourth-order valence-electron chi connectivity index (χ4n) is 3.81. The average molecular weight is 445 g/mol. The Kier molecular flexibility index (Phi) is 5.93. The van der Waals surface area contributed by atoms with Crippen LogP contribution in [-0.2, 0) is 16.0 Å². The zero-order chi connectivity index (χ0) is 22.8. The molecule has 6 heteroatoms. The molecule has 3 aromatic carbocycles. The fourth-order valence-corrected chi connectivity index (χ4v) is 4.03. The van der Waals surface area contributed by atoms with E-state index in [-0.39, 0.29) is 16.3 Å². The van der Waals surface area contributed by atoms with Gasteiger partial charge in [0.15, 0.2) is 0 Å². The van der Waals surface area contributed by atoms with Gasteiger partial charge in [-0.25, -0.2) is 9.69 Å². The summed E-state index contributed by atoms with van der Waals surface area (Å²) >= 11 is 6.16. The Balaban J connectivity index is 1.59. The van der Waals surface area contributed by atoms with Gasteiger partial charge >= 0.3 is 6.03 Å². The fraction of sp³-hybridized carbons (Fsp3) is 0.115. The van der Waals surface area contributed by atoms with Gasteiger partial charge in [0.05, 0.1) is 10.7 Å². The molecule has 0 spiro atoms. The van der Waals surface area contributed by atoms with Gasteiger partial charge in [-0.3, -0.25) is 14.9 Å². The molecule has 1 fully saturated rings. The van der Waals surface area contributed by atoms with Gasteiger partial charge < -0.3 is 0 Å². The van der Waals surface area contributed by atoms with Gasteiger partial charge in [-0.1, -0.05) is 77.3 Å². The molecule has 4 rings (SSSR count). The molecule has 4 amide bonds. The highest BCUT2D eigenvalue weighted by atomic mass is 35.5. The van der Waals surface area contributed by atoms with Crippen molar-refractivity contribution in [2.24, 2.45) is 0 Å². The predicted octanol–water partition coefficient (Wildman–Crippen LogP) is 5.21. The van der Waals surface area contributed by atoms with Gasteiger partial charge in [0.1, 0.15) is 5.57 Å². The molecule has 3 aromatic rings. The van der Waals surface area contributed by atoms with Crippen molar-refractivity contribution in [1.29, 1.82) is 0 Å². The van der Waals surface area contributed by atoms with Gasteiger partial charge in [0.25, 0.3) is 11.8 Å². The number of aryl methyl sites for hydroxylation is 2. The summed E-state index contributed by atoms with van der Waals surface area (Å²) in [6.45, 7) is 4.16. The molecule has 0 unspecified atom stereocenters. The molecule has 1 aliphatic heterocycles. The van der Waals surface area contributed by atoms with E-state index in [4.69, 9.17) is 11.6 Å². The van der Waals surface area contributed by atoms with E-state index in [1.54, 1.807) is 24.3 Å². The van der Waals surface area contributed by atoms with E-state index in [2.05, 4.69) is 37.4 Å². The van der Waals surface area contributed by atoms with Gasteiger partial charge in [0, 0.05) is 0 Å². The van der Waals surface area contributed by atoms with E-state index in [1.807, 2.05) is 24.3 Å². The Bertz CT molecular complexity index is 1240. The van der Waals surface area contributed by atoms with Crippen molar-refractivity contribution >= 4 is 41.2 Å². The molecule has 160 valence electrons. The first-order chi connectivity index (χ1) is 15.3. The zero-order valence-corrected chi connectivity index (χ0v) is 18.4. The highest BCUT2D eigenvalue weighted by molar-refractivity contribution is 6.42. The lowest BCUT2D eigenvalue weighted by atomic mass is 9.99. The molecule has 1 saturated heterocycles. The Morgan fingerprint density at radius 2 is 1.53 bits per heavy atom. The van der Waals surface area contributed by atoms with Crippen molar-refractivity contribution in [2.45, 2.75) is 20.3 Å². The normalized spacial score (nSPS) is 15.3. The number of barbiturate groups is 1. The summed E-state index contributed by atoms with van der Waals surface area (Å²) in [5, 5.41) is 2.45. The highest BCUT2D eigenvalue weighted by Crippen LogP contribution is 2.28. The molecule has 0 aromatic heterocycles. The Labute approximate surface area is 191 Å². The third-order valence-electron chi connectivity index (χ3n) is 5.18. The number of urea groups is 1. The number of para-hydroxylation sites is 1. The van der Waals surface area contributed by atoms with Crippen LogP contribution in [0, 0.1) is 13.8 Å². The molecular formula is C26H21ClN2O3. The van der Waals surface area contributed by atoms with Crippen LogP contribution >= 0.6 is 11.6 Å². The first kappa shape index (κ1) is 21.5. The van der Waals surface area contributed by atoms with Crippen molar-refractivity contribution in [2.75, 3.05) is 4.90 Å². The summed E-state index contributed by atoms with van der Waals surface area (Å²) in [4.78, 5) is 38.6. The van der Waals surface area contributed by atoms with Crippen LogP contribution in [0.3, 0.4) is 0 Å². The van der Waals surface area contributed by atoms with Crippen molar-refractivity contribution in [3.05, 3.63) is 105 Å². The second kappa shape index (κ2) is 8.81. The van der Waals surface area contributed by atoms with E-state index < -0.39 is 17.8 Å². The summed E-state index contributed by atoms with van der Waals surface area (Å²) in [6, 6.07) is 19.7. The second-order valence-electron chi connectivity index (χ2n) is 7.82. The predicted molar refractivity (Wildman–Crippen MR) is 126 cm³/mol. The first-order valence-electron chi connectivity index (χ1n) is 10.1. The molecular weight excluding hydrogens is 424 g/mol. The number of amides is 4. The number of benzene rings is 3. The van der Waals surface area contributed by atoms with Crippen LogP contribution in [0.2, 0.25) is 5.02 Å². The molecule has 1 aliphatic rings. The van der Waals surface area contributed by atoms with Crippen LogP contribution in [0.25, 0.3) is 6.08 Å². The maximum absolute atomic E-state index is 13.0. The summed E-state index contributed by atoms with van der Waals surface area (Å²) in [6.07, 6.45) is 2.27. The van der Waals surface area contributed by atoms with Crippen LogP contribution < -0.4 is 10.2 Å². The van der Waals surface area contributed by atoms with E-state index in [0.29, 0.717) is 5.56 Å². The minimum atomic E-state index is -0.825. The highest BCUT2D eigenvalue weighted by Gasteiger charge is 2.37. The third kappa shape index (κ3) is 4.48. The first-order valence-corrected chi connectivity index (χ1v) is 10.5. The summed E-state index contributed by atoms with van der Waals surface area (Å²) in [7, 11) is 0. The van der Waals surface area contributed by atoms with Crippen LogP contribution in [-0.4, -0.2) is 17.8 Å². The lowest BCUT2D eigenvalue weighted by Gasteiger charge is -2.27. The van der Waals surface area contributed by atoms with Gasteiger partial charge in [-0.05, 0) is 55.2 Å². The SMILES string of the molecule is Cc1cc(C)cc(Cc2ccc(/C=C3\C(=O)NC(=O)N(c4ccccc4Cl)C3=O)cc2)c1. The maximum atomic E-state index is 13.0. The summed E-state index contributed by atoms with van der Waals surface area (Å²) in [5.41, 5.74) is 5.56. The largest absolute Gasteiger partial charge is 0.335 e. The molecule has 0 atom stereocenters.